The van der Waals surface area contributed by atoms with Crippen LogP contribution in [0.2, 0.25) is 5.02 Å². The minimum Gasteiger partial charge on any atom is -0.444 e. The lowest BCUT2D eigenvalue weighted by Gasteiger charge is -2.21. The quantitative estimate of drug-likeness (QED) is 0.786. The second kappa shape index (κ2) is 7.70. The number of rotatable bonds is 5. The molecule has 2 aromatic carbocycles. The molecule has 0 aliphatic rings. The van der Waals surface area contributed by atoms with E-state index in [-0.39, 0.29) is 12.7 Å². The van der Waals surface area contributed by atoms with Gasteiger partial charge in [0.15, 0.2) is 0 Å². The Hall–Kier alpha value is -2.00. The largest absolute Gasteiger partial charge is 0.444 e. The van der Waals surface area contributed by atoms with Crippen molar-refractivity contribution >= 4 is 23.4 Å². The Morgan fingerprint density at radius 1 is 1.10 bits per heavy atom. The Morgan fingerprint density at radius 2 is 1.76 bits per heavy atom. The SMILES string of the molecule is CCCN(C(=O)OCc1ccccc1)c1ccc(Cl)cc1. The van der Waals surface area contributed by atoms with Gasteiger partial charge in [0.1, 0.15) is 6.61 Å². The maximum Gasteiger partial charge on any atom is 0.414 e. The van der Waals surface area contributed by atoms with E-state index in [2.05, 4.69) is 0 Å². The van der Waals surface area contributed by atoms with Crippen LogP contribution in [-0.4, -0.2) is 12.6 Å². The van der Waals surface area contributed by atoms with E-state index < -0.39 is 0 Å². The second-order valence-electron chi connectivity index (χ2n) is 4.67. The van der Waals surface area contributed by atoms with E-state index >= 15 is 0 Å². The molecule has 0 saturated heterocycles. The minimum absolute atomic E-state index is 0.271. The van der Waals surface area contributed by atoms with Gasteiger partial charge >= 0.3 is 6.09 Å². The molecule has 0 aliphatic heterocycles. The summed E-state index contributed by atoms with van der Waals surface area (Å²) in [5.74, 6) is 0. The molecule has 0 radical (unpaired) electrons. The third-order valence-corrected chi connectivity index (χ3v) is 3.26. The van der Waals surface area contributed by atoms with E-state index in [0.29, 0.717) is 11.6 Å². The molecule has 2 rings (SSSR count). The van der Waals surface area contributed by atoms with Crippen molar-refractivity contribution in [3.8, 4) is 0 Å². The van der Waals surface area contributed by atoms with Crippen molar-refractivity contribution in [3.63, 3.8) is 0 Å². The summed E-state index contributed by atoms with van der Waals surface area (Å²) >= 11 is 5.88. The van der Waals surface area contributed by atoms with E-state index in [0.717, 1.165) is 17.7 Å². The van der Waals surface area contributed by atoms with Gasteiger partial charge < -0.3 is 4.74 Å². The van der Waals surface area contributed by atoms with Gasteiger partial charge in [-0.3, -0.25) is 4.90 Å². The van der Waals surface area contributed by atoms with Crippen molar-refractivity contribution in [1.29, 1.82) is 0 Å². The van der Waals surface area contributed by atoms with Crippen LogP contribution in [0.4, 0.5) is 10.5 Å². The summed E-state index contributed by atoms with van der Waals surface area (Å²) in [4.78, 5) is 13.9. The molecule has 0 fully saturated rings. The smallest absolute Gasteiger partial charge is 0.414 e. The third-order valence-electron chi connectivity index (χ3n) is 3.01. The van der Waals surface area contributed by atoms with Gasteiger partial charge in [0.05, 0.1) is 0 Å². The van der Waals surface area contributed by atoms with Crippen molar-refractivity contribution in [2.45, 2.75) is 20.0 Å². The Balaban J connectivity index is 2.03. The van der Waals surface area contributed by atoms with E-state index in [1.807, 2.05) is 49.4 Å². The molecule has 0 N–H and O–H groups in total. The van der Waals surface area contributed by atoms with Crippen LogP contribution in [0.15, 0.2) is 54.6 Å². The molecule has 0 saturated carbocycles. The zero-order valence-electron chi connectivity index (χ0n) is 12.0. The Labute approximate surface area is 130 Å². The molecule has 0 atom stereocenters. The first-order chi connectivity index (χ1) is 10.2. The first-order valence-electron chi connectivity index (χ1n) is 6.94. The van der Waals surface area contributed by atoms with Gasteiger partial charge in [0.25, 0.3) is 0 Å². The van der Waals surface area contributed by atoms with Crippen LogP contribution in [0, 0.1) is 0 Å². The standard InChI is InChI=1S/C17H18ClNO2/c1-2-12-19(16-10-8-15(18)9-11-16)17(20)21-13-14-6-4-3-5-7-14/h3-11H,2,12-13H2,1H3. The molecule has 0 spiro atoms. The van der Waals surface area contributed by atoms with Gasteiger partial charge in [0.2, 0.25) is 0 Å². The van der Waals surface area contributed by atoms with E-state index in [1.165, 1.54) is 0 Å². The van der Waals surface area contributed by atoms with Crippen LogP contribution in [-0.2, 0) is 11.3 Å². The van der Waals surface area contributed by atoms with Crippen LogP contribution >= 0.6 is 11.6 Å². The monoisotopic (exact) mass is 303 g/mol. The molecule has 4 heteroatoms. The lowest BCUT2D eigenvalue weighted by Crippen LogP contribution is -2.32. The molecule has 0 bridgehead atoms. The van der Waals surface area contributed by atoms with Gasteiger partial charge in [-0.15, -0.1) is 0 Å². The summed E-state index contributed by atoms with van der Waals surface area (Å²) in [5, 5.41) is 0.646. The van der Waals surface area contributed by atoms with Gasteiger partial charge in [-0.2, -0.15) is 0 Å². The Bertz CT molecular complexity index is 569. The normalized spacial score (nSPS) is 10.2. The van der Waals surface area contributed by atoms with Crippen molar-refractivity contribution in [3.05, 3.63) is 65.2 Å². The first kappa shape index (κ1) is 15.4. The molecule has 110 valence electrons. The topological polar surface area (TPSA) is 29.5 Å². The number of carbonyl (C=O) groups excluding carboxylic acids is 1. The number of amides is 1. The maximum atomic E-state index is 12.3. The highest BCUT2D eigenvalue weighted by atomic mass is 35.5. The highest BCUT2D eigenvalue weighted by Crippen LogP contribution is 2.19. The Morgan fingerprint density at radius 3 is 2.38 bits per heavy atom. The first-order valence-corrected chi connectivity index (χ1v) is 7.32. The van der Waals surface area contributed by atoms with Crippen LogP contribution < -0.4 is 4.90 Å². The maximum absolute atomic E-state index is 12.3. The van der Waals surface area contributed by atoms with E-state index in [9.17, 15) is 4.79 Å². The molecular weight excluding hydrogens is 286 g/mol. The lowest BCUT2D eigenvalue weighted by atomic mass is 10.2. The molecule has 0 unspecified atom stereocenters. The number of anilines is 1. The molecule has 2 aromatic rings. The zero-order valence-corrected chi connectivity index (χ0v) is 12.7. The molecule has 0 aromatic heterocycles. The number of nitrogens with zero attached hydrogens (tertiary/aromatic N) is 1. The number of ether oxygens (including phenoxy) is 1. The number of hydrogen-bond acceptors (Lipinski definition) is 2. The number of hydrogen-bond donors (Lipinski definition) is 0. The van der Waals surface area contributed by atoms with Crippen molar-refractivity contribution in [1.82, 2.24) is 0 Å². The zero-order chi connectivity index (χ0) is 15.1. The van der Waals surface area contributed by atoms with Gasteiger partial charge in [-0.25, -0.2) is 4.79 Å². The second-order valence-corrected chi connectivity index (χ2v) is 5.10. The molecule has 0 aliphatic carbocycles. The summed E-state index contributed by atoms with van der Waals surface area (Å²) in [7, 11) is 0. The van der Waals surface area contributed by atoms with Crippen LogP contribution in [0.3, 0.4) is 0 Å². The van der Waals surface area contributed by atoms with Crippen molar-refractivity contribution in [2.75, 3.05) is 11.4 Å². The highest BCUT2D eigenvalue weighted by Gasteiger charge is 2.16. The fraction of sp³-hybridized carbons (Fsp3) is 0.235. The minimum atomic E-state index is -0.344. The average Bonchev–Trinajstić information content (AvgIpc) is 2.52. The summed E-state index contributed by atoms with van der Waals surface area (Å²) in [6, 6.07) is 16.8. The summed E-state index contributed by atoms with van der Waals surface area (Å²) in [5.41, 5.74) is 1.76. The summed E-state index contributed by atoms with van der Waals surface area (Å²) in [6.07, 6.45) is 0.506. The van der Waals surface area contributed by atoms with Crippen molar-refractivity contribution in [2.24, 2.45) is 0 Å². The molecular formula is C17H18ClNO2. The van der Waals surface area contributed by atoms with Gasteiger partial charge in [-0.1, -0.05) is 48.9 Å². The van der Waals surface area contributed by atoms with E-state index in [4.69, 9.17) is 16.3 Å². The highest BCUT2D eigenvalue weighted by molar-refractivity contribution is 6.30. The van der Waals surface area contributed by atoms with Crippen LogP contribution in [0.5, 0.6) is 0 Å². The fourth-order valence-corrected chi connectivity index (χ4v) is 2.09. The molecule has 0 heterocycles. The van der Waals surface area contributed by atoms with Gasteiger partial charge in [-0.05, 0) is 36.2 Å². The van der Waals surface area contributed by atoms with Crippen LogP contribution in [0.1, 0.15) is 18.9 Å². The number of benzene rings is 2. The average molecular weight is 304 g/mol. The molecule has 21 heavy (non-hydrogen) atoms. The predicted molar refractivity (Wildman–Crippen MR) is 85.7 cm³/mol. The van der Waals surface area contributed by atoms with Gasteiger partial charge in [0, 0.05) is 17.3 Å². The third kappa shape index (κ3) is 4.50. The Kier molecular flexibility index (Phi) is 5.64. The lowest BCUT2D eigenvalue weighted by molar-refractivity contribution is 0.147. The summed E-state index contributed by atoms with van der Waals surface area (Å²) in [6.45, 7) is 2.90. The summed E-state index contributed by atoms with van der Waals surface area (Å²) < 4.78 is 5.38. The molecule has 3 nitrogen and oxygen atoms in total. The predicted octanol–water partition coefficient (Wildman–Crippen LogP) is 4.89. The number of carbonyl (C=O) groups is 1. The van der Waals surface area contributed by atoms with E-state index in [1.54, 1.807) is 17.0 Å². The fourth-order valence-electron chi connectivity index (χ4n) is 1.97. The van der Waals surface area contributed by atoms with Crippen LogP contribution in [0.25, 0.3) is 0 Å². The molecule has 1 amide bonds. The number of halogens is 1. The van der Waals surface area contributed by atoms with Crippen molar-refractivity contribution < 1.29 is 9.53 Å².